The zero-order valence-corrected chi connectivity index (χ0v) is 14.8. The summed E-state index contributed by atoms with van der Waals surface area (Å²) in [4.78, 5) is 2.37. The van der Waals surface area contributed by atoms with E-state index in [-0.39, 0.29) is 0 Å². The summed E-state index contributed by atoms with van der Waals surface area (Å²) in [5.74, 6) is 2.14. The molecule has 0 saturated heterocycles. The molecule has 1 atom stereocenters. The van der Waals surface area contributed by atoms with E-state index in [9.17, 15) is 0 Å². The van der Waals surface area contributed by atoms with Crippen LogP contribution < -0.4 is 9.64 Å². The molecule has 1 unspecified atom stereocenters. The molecule has 0 amide bonds. The Kier molecular flexibility index (Phi) is 3.87. The Hall–Kier alpha value is -2.16. The second-order valence-electron chi connectivity index (χ2n) is 6.97. The van der Waals surface area contributed by atoms with Crippen LogP contribution in [0.3, 0.4) is 0 Å². The summed E-state index contributed by atoms with van der Waals surface area (Å²) in [6.45, 7) is 5.45. The molecule has 1 aromatic carbocycles. The maximum Gasteiger partial charge on any atom is 0.119 e. The lowest BCUT2D eigenvalue weighted by Gasteiger charge is -2.21. The van der Waals surface area contributed by atoms with Gasteiger partial charge in [-0.15, -0.1) is 0 Å². The van der Waals surface area contributed by atoms with Gasteiger partial charge in [-0.1, -0.05) is 5.57 Å². The van der Waals surface area contributed by atoms with E-state index in [0.29, 0.717) is 6.10 Å². The summed E-state index contributed by atoms with van der Waals surface area (Å²) >= 11 is 0. The van der Waals surface area contributed by atoms with Crippen LogP contribution in [0, 0.1) is 0 Å². The average molecular weight is 323 g/mol. The second-order valence-corrected chi connectivity index (χ2v) is 6.97. The maximum absolute atomic E-state index is 6.03. The van der Waals surface area contributed by atoms with E-state index < -0.39 is 0 Å². The normalized spacial score (nSPS) is 23.4. The number of nitrogens with zero attached hydrogens (tertiary/aromatic N) is 1. The summed E-state index contributed by atoms with van der Waals surface area (Å²) in [5, 5.41) is 0. The molecule has 4 rings (SSSR count). The number of fused-ring (bicyclic) bond motifs is 1. The van der Waals surface area contributed by atoms with Gasteiger partial charge in [-0.3, -0.25) is 0 Å². The van der Waals surface area contributed by atoms with E-state index in [4.69, 9.17) is 9.47 Å². The van der Waals surface area contributed by atoms with Gasteiger partial charge in [-0.2, -0.15) is 0 Å². The van der Waals surface area contributed by atoms with E-state index in [0.717, 1.165) is 38.0 Å². The summed E-state index contributed by atoms with van der Waals surface area (Å²) in [7, 11) is 1.71. The first-order valence-electron chi connectivity index (χ1n) is 8.86. The van der Waals surface area contributed by atoms with Crippen LogP contribution in [-0.4, -0.2) is 19.8 Å². The Bertz CT molecular complexity index is 740. The quantitative estimate of drug-likeness (QED) is 0.767. The van der Waals surface area contributed by atoms with Gasteiger partial charge in [0.25, 0.3) is 0 Å². The number of rotatable bonds is 2. The monoisotopic (exact) mass is 323 g/mol. The molecule has 0 N–H and O–H groups in total. The molecule has 0 saturated carbocycles. The van der Waals surface area contributed by atoms with Crippen molar-refractivity contribution in [3.8, 4) is 5.75 Å². The van der Waals surface area contributed by atoms with Gasteiger partial charge in [-0.25, -0.2) is 0 Å². The Labute approximate surface area is 144 Å². The first kappa shape index (κ1) is 15.4. The number of hydrogen-bond acceptors (Lipinski definition) is 3. The molecule has 0 radical (unpaired) electrons. The van der Waals surface area contributed by atoms with Gasteiger partial charge >= 0.3 is 0 Å². The van der Waals surface area contributed by atoms with Crippen molar-refractivity contribution in [2.45, 2.75) is 45.6 Å². The molecule has 2 heterocycles. The molecule has 3 nitrogen and oxygen atoms in total. The lowest BCUT2D eigenvalue weighted by atomic mass is 9.84. The van der Waals surface area contributed by atoms with Gasteiger partial charge < -0.3 is 14.4 Å². The smallest absolute Gasteiger partial charge is 0.119 e. The number of ether oxygens (including phenoxy) is 2. The van der Waals surface area contributed by atoms with Gasteiger partial charge in [0.15, 0.2) is 0 Å². The van der Waals surface area contributed by atoms with Crippen LogP contribution in [0.4, 0.5) is 5.69 Å². The zero-order valence-electron chi connectivity index (χ0n) is 14.8. The third-order valence-electron chi connectivity index (χ3n) is 5.28. The van der Waals surface area contributed by atoms with Crippen molar-refractivity contribution in [1.82, 2.24) is 0 Å². The molecule has 0 aromatic heterocycles. The molecular weight excluding hydrogens is 298 g/mol. The molecule has 1 aliphatic carbocycles. The molecule has 0 fully saturated rings. The molecule has 1 aromatic rings. The molecule has 3 heteroatoms. The highest BCUT2D eigenvalue weighted by atomic mass is 16.5. The predicted octanol–water partition coefficient (Wildman–Crippen LogP) is 4.96. The number of hydrogen-bond donors (Lipinski definition) is 0. The number of anilines is 1. The fourth-order valence-corrected chi connectivity index (χ4v) is 4.17. The first-order chi connectivity index (χ1) is 11.7. The highest BCUT2D eigenvalue weighted by Gasteiger charge is 2.31. The largest absolute Gasteiger partial charge is 0.497 e. The SMILES string of the molecule is COc1ccc(N2C=C(C)C3=C(CCC4=C3CC(C)O4)CC2)cc1. The van der Waals surface area contributed by atoms with Crippen molar-refractivity contribution in [3.63, 3.8) is 0 Å². The maximum atomic E-state index is 6.03. The molecule has 2 aliphatic heterocycles. The van der Waals surface area contributed by atoms with Crippen molar-refractivity contribution in [2.24, 2.45) is 0 Å². The molecule has 0 spiro atoms. The highest BCUT2D eigenvalue weighted by Crippen LogP contribution is 2.44. The fourth-order valence-electron chi connectivity index (χ4n) is 4.17. The number of benzene rings is 1. The van der Waals surface area contributed by atoms with Gasteiger partial charge in [0, 0.05) is 36.8 Å². The zero-order chi connectivity index (χ0) is 16.7. The summed E-state index contributed by atoms with van der Waals surface area (Å²) in [6.07, 6.45) is 7.04. The lowest BCUT2D eigenvalue weighted by Crippen LogP contribution is -2.17. The van der Waals surface area contributed by atoms with Crippen LogP contribution in [0.2, 0.25) is 0 Å². The second kappa shape index (κ2) is 6.04. The van der Waals surface area contributed by atoms with Crippen LogP contribution in [0.25, 0.3) is 0 Å². The van der Waals surface area contributed by atoms with Crippen LogP contribution in [0.1, 0.15) is 39.5 Å². The van der Waals surface area contributed by atoms with Gasteiger partial charge in [0.1, 0.15) is 11.5 Å². The molecule has 3 aliphatic rings. The fraction of sp³-hybridized carbons (Fsp3) is 0.429. The number of methoxy groups -OCH3 is 1. The van der Waals surface area contributed by atoms with Gasteiger partial charge in [0.05, 0.1) is 13.2 Å². The third kappa shape index (κ3) is 2.62. The lowest BCUT2D eigenvalue weighted by molar-refractivity contribution is 0.153. The minimum atomic E-state index is 0.329. The third-order valence-corrected chi connectivity index (χ3v) is 5.28. The van der Waals surface area contributed by atoms with E-state index in [2.05, 4.69) is 37.1 Å². The van der Waals surface area contributed by atoms with E-state index >= 15 is 0 Å². The van der Waals surface area contributed by atoms with Crippen molar-refractivity contribution >= 4 is 5.69 Å². The average Bonchev–Trinajstić information content (AvgIpc) is 2.89. The van der Waals surface area contributed by atoms with Crippen LogP contribution in [0.5, 0.6) is 5.75 Å². The van der Waals surface area contributed by atoms with Crippen LogP contribution in [-0.2, 0) is 4.74 Å². The molecule has 126 valence electrons. The Morgan fingerprint density at radius 2 is 1.92 bits per heavy atom. The molecular formula is C21H25NO2. The van der Waals surface area contributed by atoms with Crippen molar-refractivity contribution < 1.29 is 9.47 Å². The standard InChI is InChI=1S/C21H25NO2/c1-14-13-22(17-5-7-18(23-3)8-6-17)11-10-16-4-9-20-19(21(14)16)12-15(2)24-20/h5-8,13,15H,4,9-12H2,1-3H3. The molecule has 0 bridgehead atoms. The predicted molar refractivity (Wildman–Crippen MR) is 97.2 cm³/mol. The minimum absolute atomic E-state index is 0.329. The van der Waals surface area contributed by atoms with E-state index in [1.165, 1.54) is 28.2 Å². The Balaban J connectivity index is 1.65. The van der Waals surface area contributed by atoms with Crippen molar-refractivity contribution in [2.75, 3.05) is 18.6 Å². The Morgan fingerprint density at radius 3 is 2.67 bits per heavy atom. The van der Waals surface area contributed by atoms with Crippen molar-refractivity contribution in [1.29, 1.82) is 0 Å². The Morgan fingerprint density at radius 1 is 1.12 bits per heavy atom. The van der Waals surface area contributed by atoms with Crippen molar-refractivity contribution in [3.05, 3.63) is 58.5 Å². The van der Waals surface area contributed by atoms with Gasteiger partial charge in [0.2, 0.25) is 0 Å². The van der Waals surface area contributed by atoms with Crippen LogP contribution >= 0.6 is 0 Å². The van der Waals surface area contributed by atoms with E-state index in [1.54, 1.807) is 12.7 Å². The topological polar surface area (TPSA) is 21.7 Å². The minimum Gasteiger partial charge on any atom is -0.497 e. The first-order valence-corrected chi connectivity index (χ1v) is 8.86. The number of allylic oxidation sites excluding steroid dienone is 3. The summed E-state index contributed by atoms with van der Waals surface area (Å²) in [6, 6.07) is 8.34. The van der Waals surface area contributed by atoms with E-state index in [1.807, 2.05) is 12.1 Å². The summed E-state index contributed by atoms with van der Waals surface area (Å²) < 4.78 is 11.3. The highest BCUT2D eigenvalue weighted by molar-refractivity contribution is 5.59. The van der Waals surface area contributed by atoms with Gasteiger partial charge in [-0.05, 0) is 62.1 Å². The summed E-state index contributed by atoms with van der Waals surface area (Å²) in [5.41, 5.74) is 7.14. The van der Waals surface area contributed by atoms with Crippen LogP contribution in [0.15, 0.2) is 58.5 Å². The molecule has 24 heavy (non-hydrogen) atoms.